The van der Waals surface area contributed by atoms with Gasteiger partial charge in [-0.2, -0.15) is 0 Å². The maximum atomic E-state index is 10.6. The lowest BCUT2D eigenvalue weighted by Gasteiger charge is -2.09. The van der Waals surface area contributed by atoms with Crippen molar-refractivity contribution in [2.75, 3.05) is 0 Å². The number of hydrogen-bond acceptors (Lipinski definition) is 4. The van der Waals surface area contributed by atoms with E-state index in [1.54, 1.807) is 23.7 Å². The lowest BCUT2D eigenvalue weighted by atomic mass is 10.1. The molecule has 1 aromatic carbocycles. The summed E-state index contributed by atoms with van der Waals surface area (Å²) in [5.41, 5.74) is 2.99. The molecule has 0 radical (unpaired) electrons. The summed E-state index contributed by atoms with van der Waals surface area (Å²) in [6, 6.07) is 17.7. The van der Waals surface area contributed by atoms with Crippen LogP contribution in [-0.2, 0) is 0 Å². The summed E-state index contributed by atoms with van der Waals surface area (Å²) in [7, 11) is 0. The Labute approximate surface area is 156 Å². The summed E-state index contributed by atoms with van der Waals surface area (Å²) in [5.74, 6) is 1.02. The fourth-order valence-corrected chi connectivity index (χ4v) is 4.01. The second-order valence-electron chi connectivity index (χ2n) is 6.20. The molecule has 0 aliphatic heterocycles. The maximum Gasteiger partial charge on any atom is 0.137 e. The molecule has 0 amide bonds. The number of rotatable bonds is 5. The van der Waals surface area contributed by atoms with Crippen molar-refractivity contribution in [3.05, 3.63) is 94.2 Å². The summed E-state index contributed by atoms with van der Waals surface area (Å²) >= 11 is 1.64. The van der Waals surface area contributed by atoms with Crippen molar-refractivity contribution in [3.8, 4) is 11.4 Å². The Morgan fingerprint density at radius 1 is 0.962 bits per heavy atom. The predicted octanol–water partition coefficient (Wildman–Crippen LogP) is 4.77. The van der Waals surface area contributed by atoms with Crippen LogP contribution < -0.4 is 0 Å². The zero-order chi connectivity index (χ0) is 17.9. The molecule has 3 aromatic heterocycles. The van der Waals surface area contributed by atoms with Crippen LogP contribution in [0.4, 0.5) is 0 Å². The van der Waals surface area contributed by atoms with E-state index in [0.29, 0.717) is 0 Å². The van der Waals surface area contributed by atoms with Crippen molar-refractivity contribution in [1.29, 1.82) is 0 Å². The van der Waals surface area contributed by atoms with E-state index < -0.39 is 6.10 Å². The molecule has 0 spiro atoms. The predicted molar refractivity (Wildman–Crippen MR) is 104 cm³/mol. The van der Waals surface area contributed by atoms with Gasteiger partial charge in [0.05, 0.1) is 0 Å². The number of aromatic amines is 1. The molecule has 4 nitrogen and oxygen atoms in total. The number of H-pyrrole nitrogens is 1. The molecule has 26 heavy (non-hydrogen) atoms. The number of benzene rings is 1. The summed E-state index contributed by atoms with van der Waals surface area (Å²) in [5, 5.41) is 10.6. The van der Waals surface area contributed by atoms with Gasteiger partial charge in [-0.1, -0.05) is 37.3 Å². The Bertz CT molecular complexity index is 979. The van der Waals surface area contributed by atoms with Gasteiger partial charge in [0.1, 0.15) is 11.9 Å². The van der Waals surface area contributed by atoms with Crippen LogP contribution in [0.15, 0.2) is 73.2 Å². The van der Waals surface area contributed by atoms with Gasteiger partial charge in [-0.05, 0) is 29.8 Å². The van der Waals surface area contributed by atoms with Gasteiger partial charge in [-0.3, -0.25) is 4.98 Å². The van der Waals surface area contributed by atoms with Gasteiger partial charge in [0.2, 0.25) is 0 Å². The molecule has 4 rings (SSSR count). The number of imidazole rings is 1. The number of aromatic nitrogens is 3. The van der Waals surface area contributed by atoms with E-state index in [4.69, 9.17) is 0 Å². The number of nitrogens with zero attached hydrogens (tertiary/aromatic N) is 2. The monoisotopic (exact) mass is 361 g/mol. The van der Waals surface area contributed by atoms with E-state index in [2.05, 4.69) is 27.9 Å². The minimum atomic E-state index is -0.587. The van der Waals surface area contributed by atoms with Crippen molar-refractivity contribution >= 4 is 11.3 Å². The second kappa shape index (κ2) is 7.23. The number of nitrogens with one attached hydrogen (secondary N) is 1. The molecule has 0 aliphatic rings. The second-order valence-corrected chi connectivity index (χ2v) is 7.35. The van der Waals surface area contributed by atoms with Crippen LogP contribution in [0, 0.1) is 0 Å². The fraction of sp³-hybridized carbons (Fsp3) is 0.143. The van der Waals surface area contributed by atoms with E-state index in [9.17, 15) is 5.11 Å². The first-order chi connectivity index (χ1) is 12.7. The van der Waals surface area contributed by atoms with Crippen LogP contribution >= 0.6 is 11.3 Å². The van der Waals surface area contributed by atoms with Crippen LogP contribution in [0.25, 0.3) is 11.4 Å². The number of thiophene rings is 1. The van der Waals surface area contributed by atoms with E-state index in [0.717, 1.165) is 27.5 Å². The van der Waals surface area contributed by atoms with Crippen LogP contribution in [0.5, 0.6) is 0 Å². The summed E-state index contributed by atoms with van der Waals surface area (Å²) in [4.78, 5) is 14.1. The van der Waals surface area contributed by atoms with Gasteiger partial charge in [0.25, 0.3) is 0 Å². The van der Waals surface area contributed by atoms with Crippen molar-refractivity contribution in [1.82, 2.24) is 15.0 Å². The van der Waals surface area contributed by atoms with E-state index in [1.807, 2.05) is 54.7 Å². The molecular formula is C21H19N3OS. The highest BCUT2D eigenvalue weighted by Crippen LogP contribution is 2.34. The molecule has 130 valence electrons. The Kier molecular flexibility index (Phi) is 4.65. The fourth-order valence-electron chi connectivity index (χ4n) is 2.91. The van der Waals surface area contributed by atoms with Crippen LogP contribution in [0.1, 0.15) is 40.0 Å². The van der Waals surface area contributed by atoms with E-state index in [1.165, 1.54) is 4.88 Å². The molecule has 3 heterocycles. The first-order valence-electron chi connectivity index (χ1n) is 8.50. The van der Waals surface area contributed by atoms with Gasteiger partial charge in [0.15, 0.2) is 0 Å². The van der Waals surface area contributed by atoms with Gasteiger partial charge in [0, 0.05) is 45.5 Å². The first-order valence-corrected chi connectivity index (χ1v) is 9.32. The lowest BCUT2D eigenvalue weighted by Crippen LogP contribution is -1.96. The Morgan fingerprint density at radius 3 is 2.46 bits per heavy atom. The third-order valence-electron chi connectivity index (χ3n) is 4.47. The zero-order valence-electron chi connectivity index (χ0n) is 14.3. The minimum absolute atomic E-state index is 0.180. The molecule has 0 saturated heterocycles. The van der Waals surface area contributed by atoms with Gasteiger partial charge < -0.3 is 10.1 Å². The van der Waals surface area contributed by atoms with Crippen molar-refractivity contribution in [2.24, 2.45) is 0 Å². The van der Waals surface area contributed by atoms with Crippen LogP contribution in [-0.4, -0.2) is 20.1 Å². The molecule has 4 aromatic rings. The molecule has 0 bridgehead atoms. The highest BCUT2D eigenvalue weighted by molar-refractivity contribution is 7.12. The van der Waals surface area contributed by atoms with E-state index in [-0.39, 0.29) is 5.92 Å². The molecule has 0 saturated carbocycles. The smallest absolute Gasteiger partial charge is 0.137 e. The van der Waals surface area contributed by atoms with Crippen LogP contribution in [0.2, 0.25) is 0 Å². The Morgan fingerprint density at radius 2 is 1.69 bits per heavy atom. The zero-order valence-corrected chi connectivity index (χ0v) is 15.1. The Balaban J connectivity index is 1.55. The van der Waals surface area contributed by atoms with Crippen molar-refractivity contribution in [2.45, 2.75) is 18.9 Å². The molecule has 2 atom stereocenters. The first kappa shape index (κ1) is 16.7. The average molecular weight is 361 g/mol. The topological polar surface area (TPSA) is 61.8 Å². The molecule has 0 aliphatic carbocycles. The largest absolute Gasteiger partial charge is 0.383 e. The molecule has 2 unspecified atom stereocenters. The summed E-state index contributed by atoms with van der Waals surface area (Å²) in [6.07, 6.45) is 4.82. The van der Waals surface area contributed by atoms with Gasteiger partial charge >= 0.3 is 0 Å². The third kappa shape index (κ3) is 3.31. The minimum Gasteiger partial charge on any atom is -0.383 e. The van der Waals surface area contributed by atoms with Crippen LogP contribution in [0.3, 0.4) is 0 Å². The highest BCUT2D eigenvalue weighted by atomic mass is 32.1. The number of pyridine rings is 1. The van der Waals surface area contributed by atoms with Gasteiger partial charge in [-0.15, -0.1) is 11.3 Å². The highest BCUT2D eigenvalue weighted by Gasteiger charge is 2.18. The summed E-state index contributed by atoms with van der Waals surface area (Å²) < 4.78 is 0. The molecule has 2 N–H and O–H groups in total. The van der Waals surface area contributed by atoms with E-state index >= 15 is 0 Å². The number of aliphatic hydroxyl groups excluding tert-OH is 1. The lowest BCUT2D eigenvalue weighted by molar-refractivity contribution is 0.224. The van der Waals surface area contributed by atoms with Crippen molar-refractivity contribution < 1.29 is 5.11 Å². The molecule has 0 fully saturated rings. The number of aliphatic hydroxyl groups is 1. The maximum absolute atomic E-state index is 10.6. The van der Waals surface area contributed by atoms with Crippen molar-refractivity contribution in [3.63, 3.8) is 0 Å². The standard InChI is InChI=1S/C21H19N3OS/c1-14(17-13-23-21(24-17)16-9-11-22-12-10-16)18-7-8-19(26-18)20(25)15-5-3-2-4-6-15/h2-14,20,25H,1H3,(H,23,24). The summed E-state index contributed by atoms with van der Waals surface area (Å²) in [6.45, 7) is 2.15. The quantitative estimate of drug-likeness (QED) is 0.538. The SMILES string of the molecule is CC(c1cnc(-c2ccncc2)[nH]1)c1ccc(C(O)c2ccccc2)s1. The van der Waals surface area contributed by atoms with Gasteiger partial charge in [-0.25, -0.2) is 4.98 Å². The average Bonchev–Trinajstić information content (AvgIpc) is 3.38. The molecule has 5 heteroatoms. The Hall–Kier alpha value is -2.76. The molecular weight excluding hydrogens is 342 g/mol. The normalized spacial score (nSPS) is 13.5. The number of hydrogen-bond donors (Lipinski definition) is 2. The third-order valence-corrected chi connectivity index (χ3v) is 5.80.